The number of nitrogens with zero attached hydrogens (tertiary/aromatic N) is 2. The lowest BCUT2D eigenvalue weighted by molar-refractivity contribution is 0.207. The first-order valence-electron chi connectivity index (χ1n) is 5.45. The Morgan fingerprint density at radius 3 is 2.88 bits per heavy atom. The first kappa shape index (κ1) is 13.8. The van der Waals surface area contributed by atoms with E-state index < -0.39 is 15.2 Å². The van der Waals surface area contributed by atoms with Crippen molar-refractivity contribution in [2.75, 3.05) is 23.8 Å². The zero-order valence-corrected chi connectivity index (χ0v) is 11.4. The van der Waals surface area contributed by atoms with Crippen LogP contribution in [0.15, 0.2) is 0 Å². The minimum Gasteiger partial charge on any atom is -0.282 e. The molecule has 6 heteroatoms. The second-order valence-corrected chi connectivity index (χ2v) is 7.53. The van der Waals surface area contributed by atoms with Crippen LogP contribution in [0.2, 0.25) is 0 Å². The summed E-state index contributed by atoms with van der Waals surface area (Å²) in [5.74, 6) is 1.76. The first-order chi connectivity index (χ1) is 7.53. The monoisotopic (exact) mass is 262 g/mol. The fraction of sp³-hybridized carbons (Fsp3) is 0.900. The molecule has 16 heavy (non-hydrogen) atoms. The molecule has 4 nitrogen and oxygen atoms in total. The molecule has 0 bridgehead atoms. The largest absolute Gasteiger partial charge is 0.282 e. The van der Waals surface area contributed by atoms with Crippen molar-refractivity contribution in [2.24, 2.45) is 0 Å². The molecule has 1 saturated heterocycles. The van der Waals surface area contributed by atoms with E-state index >= 15 is 0 Å². The quantitative estimate of drug-likeness (QED) is 0.759. The molecule has 0 aromatic heterocycles. The van der Waals surface area contributed by atoms with Crippen molar-refractivity contribution in [1.29, 1.82) is 5.26 Å². The summed E-state index contributed by atoms with van der Waals surface area (Å²) < 4.78 is 23.9. The Morgan fingerprint density at radius 2 is 2.31 bits per heavy atom. The summed E-state index contributed by atoms with van der Waals surface area (Å²) in [6.45, 7) is 4.37. The van der Waals surface area contributed by atoms with E-state index in [1.165, 1.54) is 0 Å². The zero-order chi connectivity index (χ0) is 12.2. The molecule has 1 aliphatic heterocycles. The summed E-state index contributed by atoms with van der Waals surface area (Å²) in [4.78, 5) is 1.97. The molecule has 1 aliphatic rings. The maximum Gasteiger partial charge on any atom is 0.166 e. The average molecular weight is 262 g/mol. The number of thioether (sulfide) groups is 1. The molecule has 0 aliphatic carbocycles. The molecule has 0 aromatic carbocycles. The Kier molecular flexibility index (Phi) is 5.09. The maximum atomic E-state index is 11.9. The van der Waals surface area contributed by atoms with Gasteiger partial charge in [0.25, 0.3) is 0 Å². The SMILES string of the molecule is CCS(=O)(=O)C1CSCCN1C(C)CC#N. The molecule has 0 saturated carbocycles. The predicted octanol–water partition coefficient (Wildman–Crippen LogP) is 1.10. The molecule has 1 rings (SSSR count). The van der Waals surface area contributed by atoms with Crippen LogP contribution in [0.1, 0.15) is 20.3 Å². The van der Waals surface area contributed by atoms with Crippen LogP contribution in [0.4, 0.5) is 0 Å². The van der Waals surface area contributed by atoms with Crippen molar-refractivity contribution < 1.29 is 8.42 Å². The molecule has 0 aromatic rings. The highest BCUT2D eigenvalue weighted by molar-refractivity contribution is 8.01. The van der Waals surface area contributed by atoms with E-state index in [0.29, 0.717) is 12.2 Å². The van der Waals surface area contributed by atoms with Gasteiger partial charge in [0.1, 0.15) is 5.37 Å². The van der Waals surface area contributed by atoms with Crippen LogP contribution in [0.25, 0.3) is 0 Å². The minimum absolute atomic E-state index is 0.0252. The van der Waals surface area contributed by atoms with E-state index in [9.17, 15) is 8.42 Å². The number of hydrogen-bond acceptors (Lipinski definition) is 5. The van der Waals surface area contributed by atoms with Crippen LogP contribution in [-0.4, -0.2) is 48.5 Å². The third kappa shape index (κ3) is 3.12. The molecule has 2 atom stereocenters. The molecule has 1 heterocycles. The zero-order valence-electron chi connectivity index (χ0n) is 9.72. The van der Waals surface area contributed by atoms with Gasteiger partial charge in [-0.05, 0) is 6.92 Å². The average Bonchev–Trinajstić information content (AvgIpc) is 2.29. The summed E-state index contributed by atoms with van der Waals surface area (Å²) in [6.07, 6.45) is 0.389. The van der Waals surface area contributed by atoms with E-state index in [4.69, 9.17) is 5.26 Å². The van der Waals surface area contributed by atoms with Crippen molar-refractivity contribution in [2.45, 2.75) is 31.7 Å². The second-order valence-electron chi connectivity index (χ2n) is 3.93. The summed E-state index contributed by atoms with van der Waals surface area (Å²) in [5.41, 5.74) is 0. The number of rotatable bonds is 4. The van der Waals surface area contributed by atoms with Gasteiger partial charge in [0.05, 0.1) is 12.5 Å². The van der Waals surface area contributed by atoms with E-state index in [2.05, 4.69) is 6.07 Å². The van der Waals surface area contributed by atoms with Crippen LogP contribution in [0.3, 0.4) is 0 Å². The maximum absolute atomic E-state index is 11.9. The highest BCUT2D eigenvalue weighted by Gasteiger charge is 2.35. The van der Waals surface area contributed by atoms with Gasteiger partial charge in [-0.15, -0.1) is 0 Å². The van der Waals surface area contributed by atoms with Gasteiger partial charge in [-0.25, -0.2) is 8.42 Å². The Bertz CT molecular complexity index is 362. The van der Waals surface area contributed by atoms with Crippen LogP contribution in [0.5, 0.6) is 0 Å². The summed E-state index contributed by atoms with van der Waals surface area (Å²) in [7, 11) is -3.04. The molecule has 0 N–H and O–H groups in total. The van der Waals surface area contributed by atoms with E-state index in [-0.39, 0.29) is 11.8 Å². The Balaban J connectivity index is 2.84. The Hall–Kier alpha value is -0.250. The molecule has 0 radical (unpaired) electrons. The molecule has 0 spiro atoms. The van der Waals surface area contributed by atoms with Crippen molar-refractivity contribution >= 4 is 21.6 Å². The summed E-state index contributed by atoms with van der Waals surface area (Å²) >= 11 is 1.68. The predicted molar refractivity (Wildman–Crippen MR) is 67.0 cm³/mol. The van der Waals surface area contributed by atoms with Crippen molar-refractivity contribution in [3.05, 3.63) is 0 Å². The lowest BCUT2D eigenvalue weighted by atomic mass is 10.2. The van der Waals surface area contributed by atoms with Crippen LogP contribution < -0.4 is 0 Å². The molecular formula is C10H18N2O2S2. The van der Waals surface area contributed by atoms with Crippen LogP contribution >= 0.6 is 11.8 Å². The van der Waals surface area contributed by atoms with E-state index in [0.717, 1.165) is 12.3 Å². The third-order valence-corrected chi connectivity index (χ3v) is 6.20. The normalized spacial score (nSPS) is 24.9. The van der Waals surface area contributed by atoms with Crippen molar-refractivity contribution in [3.8, 4) is 6.07 Å². The molecule has 0 amide bonds. The van der Waals surface area contributed by atoms with Gasteiger partial charge in [0, 0.05) is 29.8 Å². The third-order valence-electron chi connectivity index (χ3n) is 2.89. The first-order valence-corrected chi connectivity index (χ1v) is 8.32. The summed E-state index contributed by atoms with van der Waals surface area (Å²) in [5, 5.41) is 8.28. The smallest absolute Gasteiger partial charge is 0.166 e. The topological polar surface area (TPSA) is 61.2 Å². The van der Waals surface area contributed by atoms with E-state index in [1.54, 1.807) is 18.7 Å². The van der Waals surface area contributed by atoms with Gasteiger partial charge < -0.3 is 0 Å². The molecule has 2 unspecified atom stereocenters. The van der Waals surface area contributed by atoms with E-state index in [1.807, 2.05) is 11.8 Å². The standard InChI is InChI=1S/C10H18N2O2S2/c1-3-16(13,14)10-8-15-7-6-12(10)9(2)4-5-11/h9-10H,3-4,6-8H2,1-2H3. The highest BCUT2D eigenvalue weighted by atomic mass is 32.2. The van der Waals surface area contributed by atoms with Gasteiger partial charge in [0.15, 0.2) is 9.84 Å². The number of sulfone groups is 1. The Labute approximate surface area is 102 Å². The van der Waals surface area contributed by atoms with Gasteiger partial charge >= 0.3 is 0 Å². The lowest BCUT2D eigenvalue weighted by Crippen LogP contribution is -2.51. The second kappa shape index (κ2) is 5.89. The van der Waals surface area contributed by atoms with Gasteiger partial charge in [-0.1, -0.05) is 6.92 Å². The van der Waals surface area contributed by atoms with Crippen LogP contribution in [0, 0.1) is 11.3 Å². The molecule has 1 fully saturated rings. The number of nitriles is 1. The minimum atomic E-state index is -3.04. The Morgan fingerprint density at radius 1 is 1.62 bits per heavy atom. The van der Waals surface area contributed by atoms with Crippen molar-refractivity contribution in [3.63, 3.8) is 0 Å². The van der Waals surface area contributed by atoms with Gasteiger partial charge in [-0.3, -0.25) is 4.90 Å². The summed E-state index contributed by atoms with van der Waals surface area (Å²) in [6, 6.07) is 2.14. The number of hydrogen-bond donors (Lipinski definition) is 0. The van der Waals surface area contributed by atoms with Crippen LogP contribution in [-0.2, 0) is 9.84 Å². The highest BCUT2D eigenvalue weighted by Crippen LogP contribution is 2.24. The fourth-order valence-corrected chi connectivity index (χ4v) is 4.98. The molecule has 92 valence electrons. The van der Waals surface area contributed by atoms with Gasteiger partial charge in [-0.2, -0.15) is 17.0 Å². The van der Waals surface area contributed by atoms with Crippen molar-refractivity contribution in [1.82, 2.24) is 4.90 Å². The lowest BCUT2D eigenvalue weighted by Gasteiger charge is -2.38. The molecular weight excluding hydrogens is 244 g/mol. The fourth-order valence-electron chi connectivity index (χ4n) is 1.85. The van der Waals surface area contributed by atoms with Gasteiger partial charge in [0.2, 0.25) is 0 Å².